The molecule has 0 atom stereocenters. The molecule has 1 aromatic heterocycles. The van der Waals surface area contributed by atoms with Gasteiger partial charge in [0.05, 0.1) is 36.3 Å². The highest BCUT2D eigenvalue weighted by atomic mass is 16.5. The van der Waals surface area contributed by atoms with Crippen LogP contribution >= 0.6 is 0 Å². The number of hydrogen-bond acceptors (Lipinski definition) is 4. The van der Waals surface area contributed by atoms with Gasteiger partial charge in [-0.1, -0.05) is 6.07 Å². The third kappa shape index (κ3) is 3.36. The van der Waals surface area contributed by atoms with E-state index in [9.17, 15) is 9.90 Å². The van der Waals surface area contributed by atoms with E-state index in [2.05, 4.69) is 10.4 Å². The van der Waals surface area contributed by atoms with Crippen LogP contribution in [0.1, 0.15) is 15.9 Å². The predicted octanol–water partition coefficient (Wildman–Crippen LogP) is 2.28. The molecule has 0 aliphatic carbocycles. The predicted molar refractivity (Wildman–Crippen MR) is 75.5 cm³/mol. The monoisotopic (exact) mass is 275 g/mol. The van der Waals surface area contributed by atoms with Gasteiger partial charge in [-0.25, -0.2) is 4.79 Å². The van der Waals surface area contributed by atoms with E-state index in [1.54, 1.807) is 36.2 Å². The molecule has 0 unspecified atom stereocenters. The number of anilines is 2. The van der Waals surface area contributed by atoms with Crippen LogP contribution in [0.2, 0.25) is 0 Å². The summed E-state index contributed by atoms with van der Waals surface area (Å²) in [5.74, 6) is -0.959. The van der Waals surface area contributed by atoms with Crippen molar-refractivity contribution in [2.45, 2.75) is 13.5 Å². The second-order valence-electron chi connectivity index (χ2n) is 4.46. The van der Waals surface area contributed by atoms with Gasteiger partial charge < -0.3 is 15.2 Å². The normalized spacial score (nSPS) is 10.5. The van der Waals surface area contributed by atoms with Crippen LogP contribution in [0.15, 0.2) is 30.6 Å². The number of carboxylic acids is 1. The molecule has 0 saturated carbocycles. The zero-order valence-corrected chi connectivity index (χ0v) is 11.5. The lowest BCUT2D eigenvalue weighted by molar-refractivity contribution is 0.0698. The number of hydrogen-bond donors (Lipinski definition) is 2. The molecule has 6 heteroatoms. The molecule has 0 amide bonds. The van der Waals surface area contributed by atoms with Gasteiger partial charge in [0, 0.05) is 13.3 Å². The molecule has 0 radical (unpaired) electrons. The number of ether oxygens (including phenoxy) is 1. The molecular formula is C14H17N3O3. The lowest BCUT2D eigenvalue weighted by Crippen LogP contribution is -2.04. The summed E-state index contributed by atoms with van der Waals surface area (Å²) in [7, 11) is 1.63. The van der Waals surface area contributed by atoms with Crippen molar-refractivity contribution in [3.63, 3.8) is 0 Å². The van der Waals surface area contributed by atoms with E-state index in [0.29, 0.717) is 18.8 Å². The fourth-order valence-corrected chi connectivity index (χ4v) is 1.84. The Balaban J connectivity index is 2.19. The van der Waals surface area contributed by atoms with Crippen molar-refractivity contribution in [3.05, 3.63) is 41.7 Å². The molecule has 106 valence electrons. The van der Waals surface area contributed by atoms with Gasteiger partial charge in [0.25, 0.3) is 0 Å². The third-order valence-electron chi connectivity index (χ3n) is 2.84. The summed E-state index contributed by atoms with van der Waals surface area (Å²) < 4.78 is 6.72. The first kappa shape index (κ1) is 14.1. The molecule has 6 nitrogen and oxygen atoms in total. The Kier molecular flexibility index (Phi) is 4.37. The largest absolute Gasteiger partial charge is 0.478 e. The molecule has 2 N–H and O–H groups in total. The topological polar surface area (TPSA) is 76.4 Å². The zero-order chi connectivity index (χ0) is 14.5. The molecule has 2 rings (SSSR count). The minimum absolute atomic E-state index is 0.236. The molecule has 1 aromatic carbocycles. The van der Waals surface area contributed by atoms with Crippen molar-refractivity contribution in [1.29, 1.82) is 0 Å². The molecular weight excluding hydrogens is 258 g/mol. The van der Waals surface area contributed by atoms with Gasteiger partial charge in [-0.15, -0.1) is 0 Å². The maximum atomic E-state index is 11.2. The fourth-order valence-electron chi connectivity index (χ4n) is 1.84. The van der Waals surface area contributed by atoms with Crippen LogP contribution in [0.4, 0.5) is 11.4 Å². The lowest BCUT2D eigenvalue weighted by atomic mass is 10.1. The van der Waals surface area contributed by atoms with Gasteiger partial charge in [0.15, 0.2) is 0 Å². The SMILES string of the molecule is COCCn1cc(Nc2cc(C)ccc2C(=O)O)cn1. The summed E-state index contributed by atoms with van der Waals surface area (Å²) in [6, 6.07) is 5.17. The number of benzene rings is 1. The van der Waals surface area contributed by atoms with Crippen LogP contribution in [-0.2, 0) is 11.3 Å². The number of nitrogens with one attached hydrogen (secondary N) is 1. The van der Waals surface area contributed by atoms with Crippen molar-refractivity contribution in [2.24, 2.45) is 0 Å². The zero-order valence-electron chi connectivity index (χ0n) is 11.5. The van der Waals surface area contributed by atoms with E-state index < -0.39 is 5.97 Å². The minimum Gasteiger partial charge on any atom is -0.478 e. The molecule has 20 heavy (non-hydrogen) atoms. The summed E-state index contributed by atoms with van der Waals surface area (Å²) in [5, 5.41) is 16.4. The lowest BCUT2D eigenvalue weighted by Gasteiger charge is -2.08. The van der Waals surface area contributed by atoms with Crippen LogP contribution < -0.4 is 5.32 Å². The molecule has 0 aliphatic heterocycles. The van der Waals surface area contributed by atoms with E-state index in [-0.39, 0.29) is 5.56 Å². The van der Waals surface area contributed by atoms with Crippen molar-refractivity contribution < 1.29 is 14.6 Å². The molecule has 0 saturated heterocycles. The summed E-state index contributed by atoms with van der Waals surface area (Å²) in [5.41, 5.74) is 2.53. The Hall–Kier alpha value is -2.34. The highest BCUT2D eigenvalue weighted by molar-refractivity contribution is 5.95. The number of carbonyl (C=O) groups is 1. The van der Waals surface area contributed by atoms with Gasteiger partial charge in [0.2, 0.25) is 0 Å². The Morgan fingerprint density at radius 3 is 3.00 bits per heavy atom. The quantitative estimate of drug-likeness (QED) is 0.845. The maximum absolute atomic E-state index is 11.2. The van der Waals surface area contributed by atoms with Crippen LogP contribution in [-0.4, -0.2) is 34.6 Å². The third-order valence-corrected chi connectivity index (χ3v) is 2.84. The second-order valence-corrected chi connectivity index (χ2v) is 4.46. The average Bonchev–Trinajstić information content (AvgIpc) is 2.83. The second kappa shape index (κ2) is 6.21. The van der Waals surface area contributed by atoms with Crippen molar-refractivity contribution >= 4 is 17.3 Å². The minimum atomic E-state index is -0.959. The average molecular weight is 275 g/mol. The molecule has 0 bridgehead atoms. The van der Waals surface area contributed by atoms with E-state index in [4.69, 9.17) is 4.74 Å². The Bertz CT molecular complexity index is 607. The fraction of sp³-hybridized carbons (Fsp3) is 0.286. The van der Waals surface area contributed by atoms with E-state index in [0.717, 1.165) is 11.3 Å². The summed E-state index contributed by atoms with van der Waals surface area (Å²) in [4.78, 5) is 11.2. The number of aromatic carboxylic acids is 1. The van der Waals surface area contributed by atoms with Crippen molar-refractivity contribution in [3.8, 4) is 0 Å². The molecule has 2 aromatic rings. The summed E-state index contributed by atoms with van der Waals surface area (Å²) >= 11 is 0. The highest BCUT2D eigenvalue weighted by Crippen LogP contribution is 2.22. The van der Waals surface area contributed by atoms with E-state index in [1.165, 1.54) is 0 Å². The molecule has 0 aliphatic rings. The Morgan fingerprint density at radius 1 is 1.50 bits per heavy atom. The number of rotatable bonds is 6. The van der Waals surface area contributed by atoms with Crippen LogP contribution in [0.5, 0.6) is 0 Å². The number of aromatic nitrogens is 2. The van der Waals surface area contributed by atoms with Crippen molar-refractivity contribution in [1.82, 2.24) is 9.78 Å². The number of aryl methyl sites for hydroxylation is 1. The van der Waals surface area contributed by atoms with E-state index >= 15 is 0 Å². The van der Waals surface area contributed by atoms with Crippen LogP contribution in [0.25, 0.3) is 0 Å². The first-order chi connectivity index (χ1) is 9.60. The molecule has 0 spiro atoms. The van der Waals surface area contributed by atoms with Gasteiger partial charge in [-0.2, -0.15) is 5.10 Å². The highest BCUT2D eigenvalue weighted by Gasteiger charge is 2.10. The van der Waals surface area contributed by atoms with Crippen molar-refractivity contribution in [2.75, 3.05) is 19.0 Å². The number of carboxylic acid groups (broad SMARTS) is 1. The van der Waals surface area contributed by atoms with Gasteiger partial charge in [-0.05, 0) is 24.6 Å². The molecule has 0 fully saturated rings. The van der Waals surface area contributed by atoms with Gasteiger partial charge in [0.1, 0.15) is 0 Å². The summed E-state index contributed by atoms with van der Waals surface area (Å²) in [6.45, 7) is 3.14. The van der Waals surface area contributed by atoms with Gasteiger partial charge >= 0.3 is 5.97 Å². The standard InChI is InChI=1S/C14H17N3O3/c1-10-3-4-12(14(18)19)13(7-10)16-11-8-15-17(9-11)5-6-20-2/h3-4,7-9,16H,5-6H2,1-2H3,(H,18,19). The van der Waals surface area contributed by atoms with Crippen LogP contribution in [0, 0.1) is 6.92 Å². The Morgan fingerprint density at radius 2 is 2.30 bits per heavy atom. The smallest absolute Gasteiger partial charge is 0.337 e. The summed E-state index contributed by atoms with van der Waals surface area (Å²) in [6.07, 6.45) is 3.47. The maximum Gasteiger partial charge on any atom is 0.337 e. The Labute approximate surface area is 117 Å². The van der Waals surface area contributed by atoms with E-state index in [1.807, 2.05) is 13.1 Å². The molecule has 1 heterocycles. The number of nitrogens with zero attached hydrogens (tertiary/aromatic N) is 2. The first-order valence-corrected chi connectivity index (χ1v) is 6.22. The first-order valence-electron chi connectivity index (χ1n) is 6.22. The van der Waals surface area contributed by atoms with Crippen LogP contribution in [0.3, 0.4) is 0 Å². The number of methoxy groups -OCH3 is 1. The van der Waals surface area contributed by atoms with Gasteiger partial charge in [-0.3, -0.25) is 4.68 Å².